The number of rotatable bonds is 3. The Hall–Kier alpha value is -1.55. The van der Waals surface area contributed by atoms with Crippen LogP contribution in [0.5, 0.6) is 11.5 Å². The first kappa shape index (κ1) is 9.98. The second kappa shape index (κ2) is 4.31. The molecule has 0 unspecified atom stereocenters. The zero-order valence-corrected chi connectivity index (χ0v) is 8.86. The first-order valence-electron chi connectivity index (χ1n) is 4.31. The molecule has 78 valence electrons. The Bertz CT molecular complexity index is 476. The van der Waals surface area contributed by atoms with Gasteiger partial charge in [-0.25, -0.2) is 9.97 Å². The molecule has 1 aromatic heterocycles. The molecule has 0 bridgehead atoms. The molecule has 0 atom stereocenters. The van der Waals surface area contributed by atoms with E-state index in [2.05, 4.69) is 9.97 Å². The minimum absolute atomic E-state index is 0.0763. The van der Waals surface area contributed by atoms with Gasteiger partial charge in [0, 0.05) is 17.6 Å². The highest BCUT2D eigenvalue weighted by Gasteiger charge is 2.06. The molecule has 5 heteroatoms. The number of benzene rings is 1. The van der Waals surface area contributed by atoms with Crippen LogP contribution in [0.25, 0.3) is 10.9 Å². The van der Waals surface area contributed by atoms with E-state index in [0.29, 0.717) is 11.5 Å². The normalized spacial score (nSPS) is 10.3. The lowest BCUT2D eigenvalue weighted by Gasteiger charge is -2.09. The molecule has 0 aliphatic carbocycles. The van der Waals surface area contributed by atoms with Gasteiger partial charge in [-0.15, -0.1) is 0 Å². The summed E-state index contributed by atoms with van der Waals surface area (Å²) in [6.07, 6.45) is 3.20. The SMILES string of the molecule is COc1cc2cncnc2cc1OCCl. The fourth-order valence-corrected chi connectivity index (χ4v) is 1.44. The molecule has 0 radical (unpaired) electrons. The molecule has 2 rings (SSSR count). The maximum Gasteiger partial charge on any atom is 0.165 e. The van der Waals surface area contributed by atoms with Gasteiger partial charge in [0.05, 0.1) is 12.6 Å². The number of hydrogen-bond donors (Lipinski definition) is 0. The highest BCUT2D eigenvalue weighted by atomic mass is 35.5. The Kier molecular flexibility index (Phi) is 2.87. The molecular weight excluding hydrogens is 216 g/mol. The van der Waals surface area contributed by atoms with Crippen LogP contribution in [0.2, 0.25) is 0 Å². The van der Waals surface area contributed by atoms with Gasteiger partial charge in [0.25, 0.3) is 0 Å². The van der Waals surface area contributed by atoms with Gasteiger partial charge in [-0.3, -0.25) is 0 Å². The van der Waals surface area contributed by atoms with Gasteiger partial charge in [-0.2, -0.15) is 0 Å². The van der Waals surface area contributed by atoms with Crippen molar-refractivity contribution in [2.75, 3.05) is 13.2 Å². The molecule has 0 aliphatic rings. The fourth-order valence-electron chi connectivity index (χ4n) is 1.32. The Balaban J connectivity index is 2.58. The van der Waals surface area contributed by atoms with E-state index >= 15 is 0 Å². The minimum atomic E-state index is 0.0763. The van der Waals surface area contributed by atoms with Crippen molar-refractivity contribution in [1.82, 2.24) is 9.97 Å². The summed E-state index contributed by atoms with van der Waals surface area (Å²) in [6.45, 7) is 0. The smallest absolute Gasteiger partial charge is 0.165 e. The average Bonchev–Trinajstić information content (AvgIpc) is 2.28. The van der Waals surface area contributed by atoms with Crippen molar-refractivity contribution in [3.8, 4) is 11.5 Å². The summed E-state index contributed by atoms with van der Waals surface area (Å²) in [7, 11) is 1.58. The van der Waals surface area contributed by atoms with Crippen molar-refractivity contribution in [1.29, 1.82) is 0 Å². The second-order valence-corrected chi connectivity index (χ2v) is 3.06. The van der Waals surface area contributed by atoms with Crippen LogP contribution in [0.3, 0.4) is 0 Å². The van der Waals surface area contributed by atoms with Gasteiger partial charge >= 0.3 is 0 Å². The number of nitrogens with zero attached hydrogens (tertiary/aromatic N) is 2. The lowest BCUT2D eigenvalue weighted by Crippen LogP contribution is -1.94. The van der Waals surface area contributed by atoms with Crippen molar-refractivity contribution in [3.63, 3.8) is 0 Å². The van der Waals surface area contributed by atoms with E-state index < -0.39 is 0 Å². The van der Waals surface area contributed by atoms with Crippen LogP contribution in [-0.2, 0) is 0 Å². The van der Waals surface area contributed by atoms with Gasteiger partial charge in [-0.1, -0.05) is 11.6 Å². The predicted octanol–water partition coefficient (Wildman–Crippen LogP) is 2.21. The summed E-state index contributed by atoms with van der Waals surface area (Å²) in [5.41, 5.74) is 0.797. The average molecular weight is 225 g/mol. The fraction of sp³-hybridized carbons (Fsp3) is 0.200. The number of ether oxygens (including phenoxy) is 2. The van der Waals surface area contributed by atoms with Crippen molar-refractivity contribution in [2.24, 2.45) is 0 Å². The topological polar surface area (TPSA) is 44.2 Å². The molecule has 1 aromatic carbocycles. The van der Waals surface area contributed by atoms with Crippen molar-refractivity contribution in [3.05, 3.63) is 24.7 Å². The maximum atomic E-state index is 5.51. The van der Waals surface area contributed by atoms with E-state index in [-0.39, 0.29) is 6.07 Å². The van der Waals surface area contributed by atoms with E-state index in [1.165, 1.54) is 6.33 Å². The number of alkyl halides is 1. The number of hydrogen-bond acceptors (Lipinski definition) is 4. The zero-order chi connectivity index (χ0) is 10.7. The summed E-state index contributed by atoms with van der Waals surface area (Å²) in [5, 5.41) is 0.899. The summed E-state index contributed by atoms with van der Waals surface area (Å²) in [6, 6.07) is 3.67. The lowest BCUT2D eigenvalue weighted by atomic mass is 10.2. The van der Waals surface area contributed by atoms with Gasteiger partial charge in [-0.05, 0) is 6.07 Å². The molecule has 0 N–H and O–H groups in total. The summed E-state index contributed by atoms with van der Waals surface area (Å²) < 4.78 is 10.4. The molecule has 0 saturated heterocycles. The van der Waals surface area contributed by atoms with Crippen molar-refractivity contribution < 1.29 is 9.47 Å². The molecule has 0 spiro atoms. The number of aromatic nitrogens is 2. The first-order valence-corrected chi connectivity index (χ1v) is 4.85. The van der Waals surface area contributed by atoms with Crippen LogP contribution in [0.1, 0.15) is 0 Å². The van der Waals surface area contributed by atoms with Crippen LogP contribution in [-0.4, -0.2) is 23.1 Å². The van der Waals surface area contributed by atoms with Gasteiger partial charge in [0.2, 0.25) is 0 Å². The van der Waals surface area contributed by atoms with E-state index in [0.717, 1.165) is 10.9 Å². The molecule has 0 fully saturated rings. The van der Waals surface area contributed by atoms with Crippen LogP contribution in [0.15, 0.2) is 24.7 Å². The third kappa shape index (κ3) is 1.94. The lowest BCUT2D eigenvalue weighted by molar-refractivity contribution is 0.342. The standard InChI is InChI=1S/C10H9ClN2O2/c1-14-9-2-7-4-12-6-13-8(7)3-10(9)15-5-11/h2-4,6H,5H2,1H3. The van der Waals surface area contributed by atoms with Crippen LogP contribution in [0, 0.1) is 0 Å². The van der Waals surface area contributed by atoms with Gasteiger partial charge < -0.3 is 9.47 Å². The van der Waals surface area contributed by atoms with Crippen LogP contribution >= 0.6 is 11.6 Å². The van der Waals surface area contributed by atoms with Gasteiger partial charge in [0.15, 0.2) is 17.6 Å². The Morgan fingerprint density at radius 3 is 2.93 bits per heavy atom. The largest absolute Gasteiger partial charge is 0.493 e. The van der Waals surface area contributed by atoms with E-state index in [4.69, 9.17) is 21.1 Å². The maximum absolute atomic E-state index is 5.51. The molecule has 15 heavy (non-hydrogen) atoms. The summed E-state index contributed by atoms with van der Waals surface area (Å²) in [4.78, 5) is 8.04. The summed E-state index contributed by atoms with van der Waals surface area (Å²) >= 11 is 5.51. The highest BCUT2D eigenvalue weighted by Crippen LogP contribution is 2.31. The Morgan fingerprint density at radius 1 is 1.33 bits per heavy atom. The Labute approximate surface area is 91.8 Å². The number of fused-ring (bicyclic) bond motifs is 1. The molecule has 1 heterocycles. The van der Waals surface area contributed by atoms with E-state index in [1.54, 1.807) is 19.4 Å². The number of halogens is 1. The zero-order valence-electron chi connectivity index (χ0n) is 8.11. The van der Waals surface area contributed by atoms with Crippen molar-refractivity contribution in [2.45, 2.75) is 0 Å². The van der Waals surface area contributed by atoms with Crippen LogP contribution < -0.4 is 9.47 Å². The quantitative estimate of drug-likeness (QED) is 0.750. The summed E-state index contributed by atoms with van der Waals surface area (Å²) in [5.74, 6) is 1.21. The molecule has 0 aliphatic heterocycles. The van der Waals surface area contributed by atoms with Crippen molar-refractivity contribution >= 4 is 22.5 Å². The van der Waals surface area contributed by atoms with Crippen LogP contribution in [0.4, 0.5) is 0 Å². The first-order chi connectivity index (χ1) is 7.35. The monoisotopic (exact) mass is 224 g/mol. The molecule has 0 saturated carbocycles. The minimum Gasteiger partial charge on any atom is -0.493 e. The third-order valence-corrected chi connectivity index (χ3v) is 2.11. The third-order valence-electron chi connectivity index (χ3n) is 2.00. The Morgan fingerprint density at radius 2 is 2.20 bits per heavy atom. The molecule has 2 aromatic rings. The molecule has 4 nitrogen and oxygen atoms in total. The van der Waals surface area contributed by atoms with E-state index in [1.807, 2.05) is 6.07 Å². The van der Waals surface area contributed by atoms with E-state index in [9.17, 15) is 0 Å². The molecule has 0 amide bonds. The highest BCUT2D eigenvalue weighted by molar-refractivity contribution is 6.17. The molecular formula is C10H9ClN2O2. The van der Waals surface area contributed by atoms with Gasteiger partial charge in [0.1, 0.15) is 6.33 Å². The number of methoxy groups -OCH3 is 1. The second-order valence-electron chi connectivity index (χ2n) is 2.84. The predicted molar refractivity (Wildman–Crippen MR) is 57.4 cm³/mol.